The average molecular weight is 338 g/mol. The normalized spacial score (nSPS) is 21.5. The Kier molecular flexibility index (Phi) is 5.93. The van der Waals surface area contributed by atoms with Crippen LogP contribution in [0.5, 0.6) is 0 Å². The van der Waals surface area contributed by atoms with Gasteiger partial charge in [0, 0.05) is 6.54 Å². The second-order valence-electron chi connectivity index (χ2n) is 6.89. The summed E-state index contributed by atoms with van der Waals surface area (Å²) < 4.78 is 7.18. The van der Waals surface area contributed by atoms with Crippen molar-refractivity contribution in [2.75, 3.05) is 13.2 Å². The van der Waals surface area contributed by atoms with Crippen molar-refractivity contribution in [2.45, 2.75) is 58.1 Å². The molecule has 2 unspecified atom stereocenters. The first-order chi connectivity index (χ1) is 11.3. The Bertz CT molecular complexity index is 584. The fourth-order valence-electron chi connectivity index (χ4n) is 2.94. The Balaban J connectivity index is 1.81. The third-order valence-electron chi connectivity index (χ3n) is 4.66. The molecule has 0 aliphatic heterocycles. The fraction of sp³-hybridized carbons (Fsp3) is 0.750. The number of nitrogens with one attached hydrogen (secondary N) is 1. The Morgan fingerprint density at radius 2 is 2.21 bits per heavy atom. The topological polar surface area (TPSA) is 99.3 Å². The van der Waals surface area contributed by atoms with Crippen molar-refractivity contribution in [3.63, 3.8) is 0 Å². The Hall–Kier alpha value is -1.96. The molecule has 1 aliphatic rings. The van der Waals surface area contributed by atoms with Gasteiger partial charge in [-0.25, -0.2) is 0 Å². The standard InChI is InChI=1S/C16H26N4O4/c1-12-6-4-5-7-14(12)24-9-8-17-15(21)16(2,3)19-11-13(10-18-19)20(22)23/h10-12,14H,4-9H2,1-3H3,(H,17,21). The number of aromatic nitrogens is 2. The van der Waals surface area contributed by atoms with Crippen LogP contribution < -0.4 is 5.32 Å². The number of rotatable bonds is 7. The first-order valence-electron chi connectivity index (χ1n) is 8.42. The summed E-state index contributed by atoms with van der Waals surface area (Å²) in [6, 6.07) is 0. The molecule has 2 rings (SSSR count). The summed E-state index contributed by atoms with van der Waals surface area (Å²) in [7, 11) is 0. The molecule has 0 saturated heterocycles. The number of carbonyl (C=O) groups is 1. The number of hydrogen-bond donors (Lipinski definition) is 1. The van der Waals surface area contributed by atoms with Gasteiger partial charge < -0.3 is 10.1 Å². The summed E-state index contributed by atoms with van der Waals surface area (Å²) in [4.78, 5) is 22.6. The monoisotopic (exact) mass is 338 g/mol. The summed E-state index contributed by atoms with van der Waals surface area (Å²) in [5, 5.41) is 17.5. The van der Waals surface area contributed by atoms with Crippen LogP contribution in [-0.4, -0.2) is 39.9 Å². The molecule has 2 atom stereocenters. The minimum absolute atomic E-state index is 0.134. The maximum Gasteiger partial charge on any atom is 0.307 e. The molecule has 1 aliphatic carbocycles. The van der Waals surface area contributed by atoms with Gasteiger partial charge in [0.05, 0.1) is 17.6 Å². The van der Waals surface area contributed by atoms with Gasteiger partial charge in [0.25, 0.3) is 0 Å². The van der Waals surface area contributed by atoms with Gasteiger partial charge in [-0.15, -0.1) is 0 Å². The van der Waals surface area contributed by atoms with Crippen molar-refractivity contribution >= 4 is 11.6 Å². The molecule has 1 N–H and O–H groups in total. The van der Waals surface area contributed by atoms with Crippen molar-refractivity contribution < 1.29 is 14.5 Å². The zero-order valence-electron chi connectivity index (χ0n) is 14.5. The average Bonchev–Trinajstić information content (AvgIpc) is 3.04. The van der Waals surface area contributed by atoms with Gasteiger partial charge in [-0.1, -0.05) is 19.8 Å². The molecule has 0 aromatic carbocycles. The summed E-state index contributed by atoms with van der Waals surface area (Å²) in [6.07, 6.45) is 7.42. The highest BCUT2D eigenvalue weighted by Gasteiger charge is 2.31. The van der Waals surface area contributed by atoms with Gasteiger partial charge in [0.1, 0.15) is 17.9 Å². The lowest BCUT2D eigenvalue weighted by Gasteiger charge is -2.29. The van der Waals surface area contributed by atoms with E-state index in [2.05, 4.69) is 17.3 Å². The predicted molar refractivity (Wildman–Crippen MR) is 88.6 cm³/mol. The fourth-order valence-corrected chi connectivity index (χ4v) is 2.94. The molecule has 0 bridgehead atoms. The van der Waals surface area contributed by atoms with E-state index in [1.54, 1.807) is 13.8 Å². The molecule has 0 radical (unpaired) electrons. The molecule has 1 aromatic heterocycles. The van der Waals surface area contributed by atoms with Crippen molar-refractivity contribution in [1.29, 1.82) is 0 Å². The third-order valence-corrected chi connectivity index (χ3v) is 4.66. The minimum Gasteiger partial charge on any atom is -0.376 e. The van der Waals surface area contributed by atoms with E-state index in [9.17, 15) is 14.9 Å². The van der Waals surface area contributed by atoms with E-state index in [1.165, 1.54) is 30.1 Å². The van der Waals surface area contributed by atoms with Gasteiger partial charge in [-0.05, 0) is 32.6 Å². The van der Waals surface area contributed by atoms with Crippen LogP contribution in [0.15, 0.2) is 12.4 Å². The van der Waals surface area contributed by atoms with E-state index >= 15 is 0 Å². The van der Waals surface area contributed by atoms with Crippen molar-refractivity contribution in [3.05, 3.63) is 22.5 Å². The summed E-state index contributed by atoms with van der Waals surface area (Å²) >= 11 is 0. The summed E-state index contributed by atoms with van der Waals surface area (Å²) in [5.74, 6) is 0.316. The molecule has 1 aromatic rings. The predicted octanol–water partition coefficient (Wildman–Crippen LogP) is 2.24. The van der Waals surface area contributed by atoms with Crippen LogP contribution in [-0.2, 0) is 15.1 Å². The van der Waals surface area contributed by atoms with E-state index in [-0.39, 0.29) is 17.7 Å². The van der Waals surface area contributed by atoms with Crippen LogP contribution >= 0.6 is 0 Å². The first kappa shape index (κ1) is 18.4. The molecule has 8 heteroatoms. The van der Waals surface area contributed by atoms with Crippen molar-refractivity contribution in [2.24, 2.45) is 5.92 Å². The number of amides is 1. The summed E-state index contributed by atoms with van der Waals surface area (Å²) in [5.41, 5.74) is -1.14. The van der Waals surface area contributed by atoms with Gasteiger partial charge in [0.15, 0.2) is 0 Å². The first-order valence-corrected chi connectivity index (χ1v) is 8.42. The number of ether oxygens (including phenoxy) is 1. The Morgan fingerprint density at radius 1 is 1.50 bits per heavy atom. The maximum atomic E-state index is 12.4. The SMILES string of the molecule is CC1CCCCC1OCCNC(=O)C(C)(C)n1cc([N+](=O)[O-])cn1. The molecule has 1 saturated carbocycles. The van der Waals surface area contributed by atoms with Crippen molar-refractivity contribution in [1.82, 2.24) is 15.1 Å². The number of hydrogen-bond acceptors (Lipinski definition) is 5. The van der Waals surface area contributed by atoms with Crippen LogP contribution in [0.3, 0.4) is 0 Å². The highest BCUT2D eigenvalue weighted by molar-refractivity contribution is 5.83. The van der Waals surface area contributed by atoms with Crippen LogP contribution in [0.25, 0.3) is 0 Å². The number of nitrogens with zero attached hydrogens (tertiary/aromatic N) is 3. The third kappa shape index (κ3) is 4.31. The molecule has 134 valence electrons. The number of nitro groups is 1. The van der Waals surface area contributed by atoms with Crippen LogP contribution in [0.4, 0.5) is 5.69 Å². The van der Waals surface area contributed by atoms with Crippen LogP contribution in [0.1, 0.15) is 46.5 Å². The lowest BCUT2D eigenvalue weighted by Crippen LogP contribution is -2.46. The Labute approximate surface area is 141 Å². The van der Waals surface area contributed by atoms with E-state index in [1.807, 2.05) is 0 Å². The zero-order valence-corrected chi connectivity index (χ0v) is 14.5. The van der Waals surface area contributed by atoms with Crippen LogP contribution in [0.2, 0.25) is 0 Å². The highest BCUT2D eigenvalue weighted by atomic mass is 16.6. The Morgan fingerprint density at radius 3 is 2.83 bits per heavy atom. The van der Waals surface area contributed by atoms with E-state index in [4.69, 9.17) is 4.74 Å². The van der Waals surface area contributed by atoms with Crippen molar-refractivity contribution in [3.8, 4) is 0 Å². The zero-order chi connectivity index (χ0) is 17.7. The second-order valence-corrected chi connectivity index (χ2v) is 6.89. The largest absolute Gasteiger partial charge is 0.376 e. The molecular weight excluding hydrogens is 312 g/mol. The number of carbonyl (C=O) groups excluding carboxylic acids is 1. The molecule has 8 nitrogen and oxygen atoms in total. The smallest absolute Gasteiger partial charge is 0.307 e. The summed E-state index contributed by atoms with van der Waals surface area (Å²) in [6.45, 7) is 6.42. The maximum absolute atomic E-state index is 12.4. The quantitative estimate of drug-likeness (QED) is 0.467. The van der Waals surface area contributed by atoms with E-state index in [0.717, 1.165) is 12.6 Å². The highest BCUT2D eigenvalue weighted by Crippen LogP contribution is 2.26. The van der Waals surface area contributed by atoms with Gasteiger partial charge in [-0.2, -0.15) is 5.10 Å². The van der Waals surface area contributed by atoms with Gasteiger partial charge >= 0.3 is 5.69 Å². The molecular formula is C16H26N4O4. The minimum atomic E-state index is -1.01. The van der Waals surface area contributed by atoms with E-state index in [0.29, 0.717) is 19.1 Å². The molecule has 1 amide bonds. The lowest BCUT2D eigenvalue weighted by atomic mass is 9.88. The van der Waals surface area contributed by atoms with Gasteiger partial charge in [0.2, 0.25) is 5.91 Å². The lowest BCUT2D eigenvalue weighted by molar-refractivity contribution is -0.385. The molecule has 24 heavy (non-hydrogen) atoms. The molecule has 1 heterocycles. The van der Waals surface area contributed by atoms with Gasteiger partial charge in [-0.3, -0.25) is 19.6 Å². The molecule has 1 fully saturated rings. The van der Waals surface area contributed by atoms with Crippen LogP contribution in [0, 0.1) is 16.0 Å². The second kappa shape index (κ2) is 7.74. The van der Waals surface area contributed by atoms with E-state index < -0.39 is 10.5 Å². The molecule has 0 spiro atoms.